The van der Waals surface area contributed by atoms with Crippen LogP contribution >= 0.6 is 0 Å². The number of ketones is 1. The number of hydrogen-bond donors (Lipinski definition) is 2. The maximum atomic E-state index is 13.8. The van der Waals surface area contributed by atoms with Gasteiger partial charge in [0.2, 0.25) is 0 Å². The molecule has 2 saturated carbocycles. The quantitative estimate of drug-likeness (QED) is 0.417. The number of rotatable bonds is 11. The fraction of sp³-hybridized carbons (Fsp3) is 0.810. The van der Waals surface area contributed by atoms with E-state index < -0.39 is 18.2 Å². The molecule has 0 amide bonds. The third kappa shape index (κ3) is 5.90. The molecular formula is C21H33FO4. The lowest BCUT2D eigenvalue weighted by Crippen LogP contribution is -2.28. The topological polar surface area (TPSA) is 74.6 Å². The molecule has 4 nitrogen and oxygen atoms in total. The van der Waals surface area contributed by atoms with Crippen LogP contribution in [0.4, 0.5) is 4.39 Å². The lowest BCUT2D eigenvalue weighted by Gasteiger charge is -2.20. The lowest BCUT2D eigenvalue weighted by molar-refractivity contribution is -0.137. The van der Waals surface area contributed by atoms with Gasteiger partial charge in [-0.15, -0.1) is 0 Å². The first kappa shape index (κ1) is 21.1. The van der Waals surface area contributed by atoms with Crippen molar-refractivity contribution in [1.82, 2.24) is 0 Å². The first-order valence-corrected chi connectivity index (χ1v) is 10.2. The van der Waals surface area contributed by atoms with Crippen molar-refractivity contribution in [2.24, 2.45) is 17.8 Å². The average molecular weight is 368 g/mol. The summed E-state index contributed by atoms with van der Waals surface area (Å²) in [6, 6.07) is 0. The summed E-state index contributed by atoms with van der Waals surface area (Å²) >= 11 is 0. The second kappa shape index (κ2) is 10.2. The van der Waals surface area contributed by atoms with Gasteiger partial charge in [0, 0.05) is 18.8 Å². The highest BCUT2D eigenvalue weighted by Crippen LogP contribution is 2.50. The predicted octanol–water partition coefficient (Wildman–Crippen LogP) is 4.45. The van der Waals surface area contributed by atoms with E-state index in [0.29, 0.717) is 25.2 Å². The molecule has 0 aliphatic heterocycles. The summed E-state index contributed by atoms with van der Waals surface area (Å²) in [5.41, 5.74) is 1.29. The van der Waals surface area contributed by atoms with E-state index >= 15 is 0 Å². The van der Waals surface area contributed by atoms with E-state index in [2.05, 4.69) is 6.08 Å². The van der Waals surface area contributed by atoms with Crippen LogP contribution in [0.1, 0.15) is 77.6 Å². The molecule has 0 heterocycles. The minimum Gasteiger partial charge on any atom is -0.481 e. The van der Waals surface area contributed by atoms with Gasteiger partial charge >= 0.3 is 5.97 Å². The molecule has 148 valence electrons. The monoisotopic (exact) mass is 368 g/mol. The molecule has 0 aromatic carbocycles. The maximum Gasteiger partial charge on any atom is 0.303 e. The zero-order valence-electron chi connectivity index (χ0n) is 15.8. The number of unbranched alkanes of at least 4 members (excludes halogenated alkanes) is 2. The molecule has 2 aliphatic rings. The van der Waals surface area contributed by atoms with Gasteiger partial charge in [0.1, 0.15) is 12.0 Å². The highest BCUT2D eigenvalue weighted by atomic mass is 19.1. The van der Waals surface area contributed by atoms with Crippen LogP contribution in [0.5, 0.6) is 0 Å². The molecule has 0 spiro atoms. The molecule has 5 atom stereocenters. The van der Waals surface area contributed by atoms with Crippen LogP contribution in [0.15, 0.2) is 11.6 Å². The normalized spacial score (nSPS) is 30.5. The number of carboxylic acid groups (broad SMARTS) is 1. The zero-order chi connectivity index (χ0) is 19.1. The van der Waals surface area contributed by atoms with Gasteiger partial charge in [0.05, 0.1) is 6.10 Å². The summed E-state index contributed by atoms with van der Waals surface area (Å²) in [5.74, 6) is -0.576. The fourth-order valence-corrected chi connectivity index (χ4v) is 4.68. The maximum absolute atomic E-state index is 13.8. The van der Waals surface area contributed by atoms with E-state index in [9.17, 15) is 19.1 Å². The van der Waals surface area contributed by atoms with Gasteiger partial charge in [-0.2, -0.15) is 0 Å². The summed E-state index contributed by atoms with van der Waals surface area (Å²) in [6.45, 7) is 2.03. The number of alkyl halides is 1. The minimum absolute atomic E-state index is 0.0243. The number of aliphatic hydroxyl groups excluding tert-OH is 1. The minimum atomic E-state index is -0.915. The van der Waals surface area contributed by atoms with Gasteiger partial charge in [0.25, 0.3) is 0 Å². The second-order valence-electron chi connectivity index (χ2n) is 8.05. The van der Waals surface area contributed by atoms with Gasteiger partial charge in [-0.05, 0) is 56.8 Å². The molecule has 0 aromatic heterocycles. The third-order valence-electron chi connectivity index (χ3n) is 6.02. The Labute approximate surface area is 155 Å². The lowest BCUT2D eigenvalue weighted by atomic mass is 9.85. The fourth-order valence-electron chi connectivity index (χ4n) is 4.68. The van der Waals surface area contributed by atoms with Crippen LogP contribution in [0.3, 0.4) is 0 Å². The number of fused-ring (bicyclic) bond motifs is 1. The second-order valence-corrected chi connectivity index (χ2v) is 8.05. The van der Waals surface area contributed by atoms with Crippen molar-refractivity contribution >= 4 is 11.8 Å². The summed E-state index contributed by atoms with van der Waals surface area (Å²) in [4.78, 5) is 23.2. The van der Waals surface area contributed by atoms with Crippen molar-refractivity contribution in [3.8, 4) is 0 Å². The molecule has 0 bridgehead atoms. The molecular weight excluding hydrogens is 335 g/mol. The summed E-state index contributed by atoms with van der Waals surface area (Å²) in [6.07, 6.45) is 7.40. The van der Waals surface area contributed by atoms with Crippen molar-refractivity contribution in [1.29, 1.82) is 0 Å². The number of carbonyl (C=O) groups is 2. The number of Topliss-reactive ketones (excluding diaryl/α,β-unsaturated/α-hetero) is 1. The first-order chi connectivity index (χ1) is 12.4. The van der Waals surface area contributed by atoms with Crippen LogP contribution in [-0.4, -0.2) is 34.2 Å². The van der Waals surface area contributed by atoms with Gasteiger partial charge in [-0.1, -0.05) is 31.4 Å². The Morgan fingerprint density at radius 3 is 2.69 bits per heavy atom. The SMILES string of the molecule is CCCCC(F)CCC(=O)[C@@H]1[C@H]2CC(=CCCCC(=O)O)C[C@H]2C[C@H]1O. The molecule has 0 saturated heterocycles. The number of hydrogen-bond acceptors (Lipinski definition) is 3. The molecule has 2 fully saturated rings. The van der Waals surface area contributed by atoms with Crippen LogP contribution in [0, 0.1) is 17.8 Å². The highest BCUT2D eigenvalue weighted by Gasteiger charge is 2.48. The Kier molecular flexibility index (Phi) is 8.26. The van der Waals surface area contributed by atoms with Gasteiger partial charge in [-0.25, -0.2) is 4.39 Å². The standard InChI is InChI=1S/C21H33FO4/c1-2-3-7-16(22)9-10-18(23)21-17-12-14(6-4-5-8-20(25)26)11-15(17)13-19(21)24/h6,15-17,19,21,24H,2-5,7-13H2,1H3,(H,25,26)/t15-,16?,17-,19+,21-/m0/s1. The number of allylic oxidation sites excluding steroid dienone is 2. The molecule has 5 heteroatoms. The van der Waals surface area contributed by atoms with E-state index in [4.69, 9.17) is 5.11 Å². The first-order valence-electron chi connectivity index (χ1n) is 10.2. The van der Waals surface area contributed by atoms with Crippen molar-refractivity contribution in [3.63, 3.8) is 0 Å². The molecule has 2 N–H and O–H groups in total. The summed E-state index contributed by atoms with van der Waals surface area (Å²) in [5, 5.41) is 19.0. The van der Waals surface area contributed by atoms with Gasteiger partial charge in [0.15, 0.2) is 0 Å². The molecule has 2 aliphatic carbocycles. The number of carbonyl (C=O) groups excluding carboxylic acids is 1. The molecule has 0 aromatic rings. The molecule has 2 rings (SSSR count). The van der Waals surface area contributed by atoms with E-state index in [0.717, 1.165) is 32.1 Å². The van der Waals surface area contributed by atoms with Crippen molar-refractivity contribution in [2.45, 2.75) is 89.8 Å². The van der Waals surface area contributed by atoms with Gasteiger partial charge < -0.3 is 10.2 Å². The Morgan fingerprint density at radius 2 is 2.00 bits per heavy atom. The Bertz CT molecular complexity index is 516. The Morgan fingerprint density at radius 1 is 1.23 bits per heavy atom. The Balaban J connectivity index is 1.83. The summed E-state index contributed by atoms with van der Waals surface area (Å²) in [7, 11) is 0. The van der Waals surface area contributed by atoms with Crippen molar-refractivity contribution in [3.05, 3.63) is 11.6 Å². The van der Waals surface area contributed by atoms with Crippen LogP contribution in [-0.2, 0) is 9.59 Å². The van der Waals surface area contributed by atoms with Crippen LogP contribution < -0.4 is 0 Å². The largest absolute Gasteiger partial charge is 0.481 e. The highest BCUT2D eigenvalue weighted by molar-refractivity contribution is 5.82. The van der Waals surface area contributed by atoms with E-state index in [1.165, 1.54) is 5.57 Å². The number of aliphatic hydroxyl groups is 1. The Hall–Kier alpha value is -1.23. The predicted molar refractivity (Wildman–Crippen MR) is 98.6 cm³/mol. The number of carboxylic acids is 1. The average Bonchev–Trinajstić information content (AvgIpc) is 3.10. The van der Waals surface area contributed by atoms with Crippen molar-refractivity contribution < 1.29 is 24.2 Å². The zero-order valence-corrected chi connectivity index (χ0v) is 15.8. The smallest absolute Gasteiger partial charge is 0.303 e. The summed E-state index contributed by atoms with van der Waals surface area (Å²) < 4.78 is 13.8. The van der Waals surface area contributed by atoms with E-state index in [-0.39, 0.29) is 36.9 Å². The molecule has 26 heavy (non-hydrogen) atoms. The third-order valence-corrected chi connectivity index (χ3v) is 6.02. The van der Waals surface area contributed by atoms with Crippen LogP contribution in [0.25, 0.3) is 0 Å². The number of aliphatic carboxylic acids is 1. The van der Waals surface area contributed by atoms with Crippen molar-refractivity contribution in [2.75, 3.05) is 0 Å². The van der Waals surface area contributed by atoms with E-state index in [1.54, 1.807) is 0 Å². The van der Waals surface area contributed by atoms with Crippen LogP contribution in [0.2, 0.25) is 0 Å². The van der Waals surface area contributed by atoms with Gasteiger partial charge in [-0.3, -0.25) is 9.59 Å². The molecule has 0 radical (unpaired) electrons. The van der Waals surface area contributed by atoms with E-state index in [1.807, 2.05) is 6.92 Å². The molecule has 1 unspecified atom stereocenters. The number of halogens is 1.